The summed E-state index contributed by atoms with van der Waals surface area (Å²) in [6.45, 7) is 1.96. The molecule has 0 aliphatic rings. The SMILES string of the molecule is CCCC(=O)N/N=C/c1ccc(Br)cc1. The molecule has 1 N–H and O–H groups in total. The largest absolute Gasteiger partial charge is 0.273 e. The Hall–Kier alpha value is -1.16. The maximum atomic E-state index is 11.1. The van der Waals surface area contributed by atoms with Crippen LogP contribution in [0.3, 0.4) is 0 Å². The van der Waals surface area contributed by atoms with Crippen molar-refractivity contribution in [1.29, 1.82) is 0 Å². The molecule has 0 aliphatic carbocycles. The summed E-state index contributed by atoms with van der Waals surface area (Å²) in [6, 6.07) is 7.68. The van der Waals surface area contributed by atoms with Gasteiger partial charge in [-0.25, -0.2) is 5.43 Å². The maximum Gasteiger partial charge on any atom is 0.240 e. The van der Waals surface area contributed by atoms with Gasteiger partial charge in [-0.15, -0.1) is 0 Å². The van der Waals surface area contributed by atoms with Crippen molar-refractivity contribution in [2.75, 3.05) is 0 Å². The predicted molar refractivity (Wildman–Crippen MR) is 64.8 cm³/mol. The van der Waals surface area contributed by atoms with Crippen LogP contribution in [-0.4, -0.2) is 12.1 Å². The molecule has 1 rings (SSSR count). The van der Waals surface area contributed by atoms with Gasteiger partial charge in [0.2, 0.25) is 5.91 Å². The van der Waals surface area contributed by atoms with Gasteiger partial charge in [-0.05, 0) is 24.1 Å². The van der Waals surface area contributed by atoms with E-state index >= 15 is 0 Å². The lowest BCUT2D eigenvalue weighted by atomic mass is 10.2. The van der Waals surface area contributed by atoms with E-state index in [0.717, 1.165) is 16.5 Å². The third kappa shape index (κ3) is 4.74. The van der Waals surface area contributed by atoms with Crippen LogP contribution in [0.25, 0.3) is 0 Å². The van der Waals surface area contributed by atoms with Crippen molar-refractivity contribution in [3.8, 4) is 0 Å². The van der Waals surface area contributed by atoms with Crippen LogP contribution in [0.2, 0.25) is 0 Å². The first-order chi connectivity index (χ1) is 7.22. The minimum absolute atomic E-state index is 0.0501. The number of rotatable bonds is 4. The van der Waals surface area contributed by atoms with Crippen LogP contribution >= 0.6 is 15.9 Å². The second-order valence-electron chi connectivity index (χ2n) is 3.09. The molecule has 1 aromatic rings. The highest BCUT2D eigenvalue weighted by molar-refractivity contribution is 9.10. The summed E-state index contributed by atoms with van der Waals surface area (Å²) in [5.74, 6) is -0.0501. The normalized spacial score (nSPS) is 10.5. The number of halogens is 1. The molecule has 1 aromatic carbocycles. The van der Waals surface area contributed by atoms with E-state index in [9.17, 15) is 4.79 Å². The maximum absolute atomic E-state index is 11.1. The van der Waals surface area contributed by atoms with E-state index < -0.39 is 0 Å². The Labute approximate surface area is 97.7 Å². The van der Waals surface area contributed by atoms with E-state index in [2.05, 4.69) is 26.5 Å². The highest BCUT2D eigenvalue weighted by Gasteiger charge is 1.94. The zero-order valence-corrected chi connectivity index (χ0v) is 10.1. The minimum Gasteiger partial charge on any atom is -0.273 e. The molecule has 80 valence electrons. The highest BCUT2D eigenvalue weighted by Crippen LogP contribution is 2.08. The molecule has 0 saturated carbocycles. The van der Waals surface area contributed by atoms with Gasteiger partial charge in [0, 0.05) is 10.9 Å². The Kier molecular flexibility index (Phi) is 5.04. The van der Waals surface area contributed by atoms with E-state index in [4.69, 9.17) is 0 Å². The molecular weight excluding hydrogens is 256 g/mol. The van der Waals surface area contributed by atoms with Gasteiger partial charge in [-0.2, -0.15) is 5.10 Å². The van der Waals surface area contributed by atoms with Crippen molar-refractivity contribution >= 4 is 28.1 Å². The fraction of sp³-hybridized carbons (Fsp3) is 0.273. The Morgan fingerprint density at radius 1 is 1.47 bits per heavy atom. The molecule has 0 bridgehead atoms. The lowest BCUT2D eigenvalue weighted by molar-refractivity contribution is -0.121. The standard InChI is InChI=1S/C11H13BrN2O/c1-2-3-11(15)14-13-8-9-4-6-10(12)7-5-9/h4-8H,2-3H2,1H3,(H,14,15)/b13-8+. The molecule has 0 aromatic heterocycles. The van der Waals surface area contributed by atoms with E-state index in [1.54, 1.807) is 6.21 Å². The monoisotopic (exact) mass is 268 g/mol. The number of hydrazone groups is 1. The smallest absolute Gasteiger partial charge is 0.240 e. The Bertz CT molecular complexity index is 346. The summed E-state index contributed by atoms with van der Waals surface area (Å²) in [5.41, 5.74) is 3.42. The fourth-order valence-electron chi connectivity index (χ4n) is 1.01. The van der Waals surface area contributed by atoms with Gasteiger partial charge in [0.1, 0.15) is 0 Å². The Morgan fingerprint density at radius 2 is 2.13 bits per heavy atom. The van der Waals surface area contributed by atoms with Crippen LogP contribution in [0.4, 0.5) is 0 Å². The average molecular weight is 269 g/mol. The number of amides is 1. The van der Waals surface area contributed by atoms with Crippen LogP contribution in [0, 0.1) is 0 Å². The third-order valence-corrected chi connectivity index (χ3v) is 2.28. The number of carbonyl (C=O) groups excluding carboxylic acids is 1. The van der Waals surface area contributed by atoms with Crippen LogP contribution in [0.1, 0.15) is 25.3 Å². The molecule has 0 atom stereocenters. The predicted octanol–water partition coefficient (Wildman–Crippen LogP) is 2.70. The number of hydrogen-bond donors (Lipinski definition) is 1. The molecule has 0 aliphatic heterocycles. The molecule has 15 heavy (non-hydrogen) atoms. The third-order valence-electron chi connectivity index (χ3n) is 1.75. The zero-order chi connectivity index (χ0) is 11.1. The van der Waals surface area contributed by atoms with Crippen LogP contribution in [0.5, 0.6) is 0 Å². The molecule has 0 saturated heterocycles. The van der Waals surface area contributed by atoms with Gasteiger partial charge < -0.3 is 0 Å². The van der Waals surface area contributed by atoms with Crippen molar-refractivity contribution in [3.05, 3.63) is 34.3 Å². The second-order valence-corrected chi connectivity index (χ2v) is 4.01. The number of nitrogens with zero attached hydrogens (tertiary/aromatic N) is 1. The molecule has 1 amide bonds. The summed E-state index contributed by atoms with van der Waals surface area (Å²) >= 11 is 3.34. The van der Waals surface area contributed by atoms with Crippen molar-refractivity contribution in [1.82, 2.24) is 5.43 Å². The molecule has 0 unspecified atom stereocenters. The highest BCUT2D eigenvalue weighted by atomic mass is 79.9. The first kappa shape index (κ1) is 11.9. The molecule has 0 spiro atoms. The molecule has 0 fully saturated rings. The average Bonchev–Trinajstić information content (AvgIpc) is 2.21. The first-order valence-electron chi connectivity index (χ1n) is 4.80. The van der Waals surface area contributed by atoms with E-state index in [-0.39, 0.29) is 5.91 Å². The summed E-state index contributed by atoms with van der Waals surface area (Å²) < 4.78 is 1.02. The topological polar surface area (TPSA) is 41.5 Å². The van der Waals surface area contributed by atoms with Crippen molar-refractivity contribution in [3.63, 3.8) is 0 Å². The van der Waals surface area contributed by atoms with Crippen molar-refractivity contribution in [2.45, 2.75) is 19.8 Å². The minimum atomic E-state index is -0.0501. The Balaban J connectivity index is 2.44. The van der Waals surface area contributed by atoms with Crippen LogP contribution in [0.15, 0.2) is 33.8 Å². The molecule has 0 radical (unpaired) electrons. The number of carbonyl (C=O) groups is 1. The summed E-state index contributed by atoms with van der Waals surface area (Å²) in [4.78, 5) is 11.1. The van der Waals surface area contributed by atoms with Gasteiger partial charge in [0.15, 0.2) is 0 Å². The molecule has 0 heterocycles. The summed E-state index contributed by atoms with van der Waals surface area (Å²) in [6.07, 6.45) is 2.97. The van der Waals surface area contributed by atoms with Crippen molar-refractivity contribution < 1.29 is 4.79 Å². The summed E-state index contributed by atoms with van der Waals surface area (Å²) in [7, 11) is 0. The van der Waals surface area contributed by atoms with Crippen LogP contribution in [-0.2, 0) is 4.79 Å². The lowest BCUT2D eigenvalue weighted by Crippen LogP contribution is -2.16. The zero-order valence-electron chi connectivity index (χ0n) is 8.53. The lowest BCUT2D eigenvalue weighted by Gasteiger charge is -1.96. The number of nitrogens with one attached hydrogen (secondary N) is 1. The van der Waals surface area contributed by atoms with E-state index in [0.29, 0.717) is 6.42 Å². The summed E-state index contributed by atoms with van der Waals surface area (Å²) in [5, 5.41) is 3.85. The van der Waals surface area contributed by atoms with Crippen molar-refractivity contribution in [2.24, 2.45) is 5.10 Å². The van der Waals surface area contributed by atoms with Gasteiger partial charge in [0.05, 0.1) is 6.21 Å². The van der Waals surface area contributed by atoms with Gasteiger partial charge >= 0.3 is 0 Å². The Morgan fingerprint density at radius 3 is 2.73 bits per heavy atom. The van der Waals surface area contributed by atoms with E-state index in [1.165, 1.54) is 0 Å². The fourth-order valence-corrected chi connectivity index (χ4v) is 1.27. The molecule has 3 nitrogen and oxygen atoms in total. The van der Waals surface area contributed by atoms with E-state index in [1.807, 2.05) is 31.2 Å². The number of benzene rings is 1. The van der Waals surface area contributed by atoms with Gasteiger partial charge in [-0.1, -0.05) is 35.0 Å². The molecular formula is C11H13BrN2O. The first-order valence-corrected chi connectivity index (χ1v) is 5.59. The van der Waals surface area contributed by atoms with Crippen LogP contribution < -0.4 is 5.43 Å². The number of hydrogen-bond acceptors (Lipinski definition) is 2. The quantitative estimate of drug-likeness (QED) is 0.662. The van der Waals surface area contributed by atoms with Gasteiger partial charge in [-0.3, -0.25) is 4.79 Å². The van der Waals surface area contributed by atoms with Gasteiger partial charge in [0.25, 0.3) is 0 Å². The second kappa shape index (κ2) is 6.35. The molecule has 4 heteroatoms.